The molecule has 2 aromatic rings. The predicted octanol–water partition coefficient (Wildman–Crippen LogP) is 2.64. The molecule has 0 saturated carbocycles. The third-order valence-electron chi connectivity index (χ3n) is 3.01. The SMILES string of the molecule is CCC(NS(=O)(=O)c1ccc(CN)s1)c1ccccc1. The highest BCUT2D eigenvalue weighted by Crippen LogP contribution is 2.24. The summed E-state index contributed by atoms with van der Waals surface area (Å²) in [6.07, 6.45) is 0.693. The molecule has 1 atom stereocenters. The molecule has 20 heavy (non-hydrogen) atoms. The topological polar surface area (TPSA) is 72.2 Å². The first-order valence-corrected chi connectivity index (χ1v) is 8.73. The van der Waals surface area contributed by atoms with E-state index in [1.165, 1.54) is 11.3 Å². The van der Waals surface area contributed by atoms with Crippen LogP contribution in [0.5, 0.6) is 0 Å². The van der Waals surface area contributed by atoms with Crippen molar-refractivity contribution in [1.29, 1.82) is 0 Å². The fourth-order valence-electron chi connectivity index (χ4n) is 1.93. The summed E-state index contributed by atoms with van der Waals surface area (Å²) < 4.78 is 27.8. The highest BCUT2D eigenvalue weighted by atomic mass is 32.2. The molecular weight excluding hydrogens is 292 g/mol. The molecule has 0 spiro atoms. The molecule has 0 aliphatic heterocycles. The second-order valence-electron chi connectivity index (χ2n) is 4.42. The van der Waals surface area contributed by atoms with E-state index in [4.69, 9.17) is 5.73 Å². The Hall–Kier alpha value is -1.21. The van der Waals surface area contributed by atoms with Gasteiger partial charge in [-0.1, -0.05) is 37.3 Å². The van der Waals surface area contributed by atoms with Crippen LogP contribution in [0.3, 0.4) is 0 Å². The third kappa shape index (κ3) is 3.46. The first-order chi connectivity index (χ1) is 9.56. The van der Waals surface area contributed by atoms with E-state index >= 15 is 0 Å². The van der Waals surface area contributed by atoms with Gasteiger partial charge in [-0.15, -0.1) is 11.3 Å². The van der Waals surface area contributed by atoms with Crippen molar-refractivity contribution >= 4 is 21.4 Å². The van der Waals surface area contributed by atoms with Crippen molar-refractivity contribution in [2.24, 2.45) is 5.73 Å². The van der Waals surface area contributed by atoms with E-state index in [1.807, 2.05) is 37.3 Å². The molecule has 0 aliphatic carbocycles. The van der Waals surface area contributed by atoms with Gasteiger partial charge < -0.3 is 5.73 Å². The molecule has 1 aromatic carbocycles. The zero-order valence-electron chi connectivity index (χ0n) is 11.2. The second kappa shape index (κ2) is 6.49. The number of thiophene rings is 1. The maximum absolute atomic E-state index is 12.4. The minimum atomic E-state index is -3.50. The van der Waals surface area contributed by atoms with Crippen LogP contribution in [0.1, 0.15) is 29.8 Å². The lowest BCUT2D eigenvalue weighted by Gasteiger charge is -2.16. The number of nitrogens with two attached hydrogens (primary N) is 1. The summed E-state index contributed by atoms with van der Waals surface area (Å²) in [4.78, 5) is 0.859. The largest absolute Gasteiger partial charge is 0.326 e. The van der Waals surface area contributed by atoms with Crippen molar-refractivity contribution in [3.63, 3.8) is 0 Å². The van der Waals surface area contributed by atoms with Gasteiger partial charge in [0.2, 0.25) is 0 Å². The molecule has 1 unspecified atom stereocenters. The van der Waals surface area contributed by atoms with Crippen LogP contribution in [0, 0.1) is 0 Å². The molecule has 2 rings (SSSR count). The molecule has 108 valence electrons. The Bertz CT molecular complexity index is 651. The molecule has 0 amide bonds. The van der Waals surface area contributed by atoms with Gasteiger partial charge >= 0.3 is 0 Å². The van der Waals surface area contributed by atoms with Crippen LogP contribution in [-0.2, 0) is 16.6 Å². The number of nitrogens with one attached hydrogen (secondary N) is 1. The van der Waals surface area contributed by atoms with Gasteiger partial charge in [-0.25, -0.2) is 13.1 Å². The van der Waals surface area contributed by atoms with Crippen LogP contribution >= 0.6 is 11.3 Å². The number of sulfonamides is 1. The molecule has 3 N–H and O–H groups in total. The normalized spacial score (nSPS) is 13.3. The summed E-state index contributed by atoms with van der Waals surface area (Å²) in [6, 6.07) is 12.7. The van der Waals surface area contributed by atoms with Crippen molar-refractivity contribution in [3.05, 3.63) is 52.9 Å². The van der Waals surface area contributed by atoms with Crippen LogP contribution in [-0.4, -0.2) is 8.42 Å². The molecule has 1 aromatic heterocycles. The predicted molar refractivity (Wildman–Crippen MR) is 82.0 cm³/mol. The lowest BCUT2D eigenvalue weighted by molar-refractivity contribution is 0.552. The zero-order valence-corrected chi connectivity index (χ0v) is 12.9. The summed E-state index contributed by atoms with van der Waals surface area (Å²) in [7, 11) is -3.50. The van der Waals surface area contributed by atoms with E-state index in [2.05, 4.69) is 4.72 Å². The van der Waals surface area contributed by atoms with E-state index < -0.39 is 10.0 Å². The van der Waals surface area contributed by atoms with Crippen molar-refractivity contribution in [3.8, 4) is 0 Å². The van der Waals surface area contributed by atoms with Crippen molar-refractivity contribution in [2.75, 3.05) is 0 Å². The summed E-state index contributed by atoms with van der Waals surface area (Å²) in [5, 5.41) is 0. The smallest absolute Gasteiger partial charge is 0.250 e. The Morgan fingerprint density at radius 1 is 1.20 bits per heavy atom. The van der Waals surface area contributed by atoms with Gasteiger partial charge in [-0.05, 0) is 24.1 Å². The van der Waals surface area contributed by atoms with Crippen LogP contribution in [0.4, 0.5) is 0 Å². The number of hydrogen-bond donors (Lipinski definition) is 2. The summed E-state index contributed by atoms with van der Waals surface area (Å²) >= 11 is 1.21. The first-order valence-electron chi connectivity index (χ1n) is 6.43. The first kappa shape index (κ1) is 15.2. The van der Waals surface area contributed by atoms with Gasteiger partial charge in [-0.2, -0.15) is 0 Å². The molecule has 0 radical (unpaired) electrons. The standard InChI is InChI=1S/C14H18N2O2S2/c1-2-13(11-6-4-3-5-7-11)16-20(17,18)14-9-8-12(10-15)19-14/h3-9,13,16H,2,10,15H2,1H3. The Morgan fingerprint density at radius 2 is 1.90 bits per heavy atom. The Morgan fingerprint density at radius 3 is 2.45 bits per heavy atom. The molecule has 1 heterocycles. The van der Waals surface area contributed by atoms with E-state index in [0.29, 0.717) is 17.2 Å². The van der Waals surface area contributed by atoms with Crippen LogP contribution in [0.2, 0.25) is 0 Å². The molecule has 6 heteroatoms. The summed E-state index contributed by atoms with van der Waals surface area (Å²) in [5.41, 5.74) is 6.49. The average Bonchev–Trinajstić information content (AvgIpc) is 2.95. The zero-order chi connectivity index (χ0) is 14.6. The fourth-order valence-corrected chi connectivity index (χ4v) is 4.49. The van der Waals surface area contributed by atoms with Gasteiger partial charge in [-0.3, -0.25) is 0 Å². The van der Waals surface area contributed by atoms with E-state index in [-0.39, 0.29) is 6.04 Å². The van der Waals surface area contributed by atoms with E-state index in [9.17, 15) is 8.42 Å². The number of benzene rings is 1. The number of rotatable bonds is 6. The Balaban J connectivity index is 2.22. The van der Waals surface area contributed by atoms with Crippen molar-refractivity contribution < 1.29 is 8.42 Å². The van der Waals surface area contributed by atoms with Crippen molar-refractivity contribution in [1.82, 2.24) is 4.72 Å². The van der Waals surface area contributed by atoms with Gasteiger partial charge in [0.15, 0.2) is 0 Å². The van der Waals surface area contributed by atoms with E-state index in [1.54, 1.807) is 12.1 Å². The maximum Gasteiger partial charge on any atom is 0.250 e. The van der Waals surface area contributed by atoms with Crippen molar-refractivity contribution in [2.45, 2.75) is 30.1 Å². The molecule has 0 fully saturated rings. The van der Waals surface area contributed by atoms with E-state index in [0.717, 1.165) is 10.4 Å². The highest BCUT2D eigenvalue weighted by Gasteiger charge is 2.21. The average molecular weight is 310 g/mol. The van der Waals surface area contributed by atoms with Crippen LogP contribution < -0.4 is 10.5 Å². The Labute approximate surface area is 123 Å². The maximum atomic E-state index is 12.4. The lowest BCUT2D eigenvalue weighted by atomic mass is 10.1. The Kier molecular flexibility index (Phi) is 4.93. The lowest BCUT2D eigenvalue weighted by Crippen LogP contribution is -2.27. The third-order valence-corrected chi connectivity index (χ3v) is 6.08. The number of hydrogen-bond acceptors (Lipinski definition) is 4. The van der Waals surface area contributed by atoms with Gasteiger partial charge in [0, 0.05) is 17.5 Å². The van der Waals surface area contributed by atoms with Gasteiger partial charge in [0.05, 0.1) is 0 Å². The molecule has 4 nitrogen and oxygen atoms in total. The molecular formula is C14H18N2O2S2. The second-order valence-corrected chi connectivity index (χ2v) is 7.53. The summed E-state index contributed by atoms with van der Waals surface area (Å²) in [6.45, 7) is 2.32. The van der Waals surface area contributed by atoms with Gasteiger partial charge in [0.1, 0.15) is 4.21 Å². The van der Waals surface area contributed by atoms with Crippen LogP contribution in [0.15, 0.2) is 46.7 Å². The molecule has 0 saturated heterocycles. The quantitative estimate of drug-likeness (QED) is 0.861. The molecule has 0 bridgehead atoms. The minimum Gasteiger partial charge on any atom is -0.326 e. The monoisotopic (exact) mass is 310 g/mol. The fraction of sp³-hybridized carbons (Fsp3) is 0.286. The van der Waals surface area contributed by atoms with Gasteiger partial charge in [0.25, 0.3) is 10.0 Å². The minimum absolute atomic E-state index is 0.218. The van der Waals surface area contributed by atoms with Crippen LogP contribution in [0.25, 0.3) is 0 Å². The molecule has 0 aliphatic rings. The highest BCUT2D eigenvalue weighted by molar-refractivity contribution is 7.91. The summed E-state index contributed by atoms with van der Waals surface area (Å²) in [5.74, 6) is 0.